The molecule has 3 atom stereocenters. The molecule has 0 bridgehead atoms. The molecule has 1 fully saturated rings. The maximum Gasteiger partial charge on any atom is 0.0326 e. The molecule has 0 aromatic heterocycles. The first kappa shape index (κ1) is 14.5. The first-order chi connectivity index (χ1) is 9.02. The predicted octanol–water partition coefficient (Wildman–Crippen LogP) is 3.42. The van der Waals surface area contributed by atoms with Crippen LogP contribution in [0.3, 0.4) is 0 Å². The van der Waals surface area contributed by atoms with Crippen LogP contribution in [0.1, 0.15) is 49.4 Å². The largest absolute Gasteiger partial charge is 0.329 e. The van der Waals surface area contributed by atoms with Crippen molar-refractivity contribution >= 4 is 0 Å². The highest BCUT2D eigenvalue weighted by Crippen LogP contribution is 2.32. The van der Waals surface area contributed by atoms with Crippen molar-refractivity contribution in [3.63, 3.8) is 0 Å². The van der Waals surface area contributed by atoms with Crippen LogP contribution in [0.5, 0.6) is 0 Å². The molecule has 2 heteroatoms. The minimum Gasteiger partial charge on any atom is -0.329 e. The molecular formula is C17H28N2. The van der Waals surface area contributed by atoms with Gasteiger partial charge in [-0.3, -0.25) is 4.90 Å². The van der Waals surface area contributed by atoms with Crippen LogP contribution in [0.4, 0.5) is 0 Å². The highest BCUT2D eigenvalue weighted by Gasteiger charge is 2.29. The smallest absolute Gasteiger partial charge is 0.0326 e. The fourth-order valence-electron chi connectivity index (χ4n) is 3.40. The van der Waals surface area contributed by atoms with E-state index in [1.54, 1.807) is 0 Å². The SMILES string of the molecule is Cc1ccc(C)c(C(C)N2CCC(C)CC2CN)c1. The molecule has 2 N–H and O–H groups in total. The van der Waals surface area contributed by atoms with Gasteiger partial charge in [0.1, 0.15) is 0 Å². The minimum atomic E-state index is 0.473. The summed E-state index contributed by atoms with van der Waals surface area (Å²) in [7, 11) is 0. The Labute approximate surface area is 118 Å². The van der Waals surface area contributed by atoms with Gasteiger partial charge in [0.25, 0.3) is 0 Å². The number of piperidine rings is 1. The van der Waals surface area contributed by atoms with Crippen LogP contribution >= 0.6 is 0 Å². The third-order valence-corrected chi connectivity index (χ3v) is 4.68. The monoisotopic (exact) mass is 260 g/mol. The second-order valence-electron chi connectivity index (χ2n) is 6.29. The lowest BCUT2D eigenvalue weighted by Crippen LogP contribution is -2.47. The molecule has 1 aromatic carbocycles. The van der Waals surface area contributed by atoms with E-state index in [9.17, 15) is 0 Å². The number of rotatable bonds is 3. The topological polar surface area (TPSA) is 29.3 Å². The average molecular weight is 260 g/mol. The number of hydrogen-bond acceptors (Lipinski definition) is 2. The maximum absolute atomic E-state index is 6.00. The normalized spacial score (nSPS) is 26.4. The number of benzene rings is 1. The van der Waals surface area contributed by atoms with Crippen LogP contribution in [0.15, 0.2) is 18.2 Å². The van der Waals surface area contributed by atoms with E-state index < -0.39 is 0 Å². The van der Waals surface area contributed by atoms with Crippen LogP contribution in [0.2, 0.25) is 0 Å². The van der Waals surface area contributed by atoms with Crippen molar-refractivity contribution in [3.8, 4) is 0 Å². The molecule has 19 heavy (non-hydrogen) atoms. The van der Waals surface area contributed by atoms with Crippen LogP contribution in [-0.2, 0) is 0 Å². The second kappa shape index (κ2) is 6.06. The minimum absolute atomic E-state index is 0.473. The van der Waals surface area contributed by atoms with E-state index in [1.807, 2.05) is 0 Å². The zero-order valence-corrected chi connectivity index (χ0v) is 12.8. The van der Waals surface area contributed by atoms with E-state index in [2.05, 4.69) is 50.8 Å². The molecule has 1 heterocycles. The second-order valence-corrected chi connectivity index (χ2v) is 6.29. The van der Waals surface area contributed by atoms with Crippen LogP contribution in [-0.4, -0.2) is 24.0 Å². The molecule has 0 amide bonds. The zero-order valence-electron chi connectivity index (χ0n) is 12.8. The summed E-state index contributed by atoms with van der Waals surface area (Å²) in [6.45, 7) is 11.0. The molecule has 2 rings (SSSR count). The van der Waals surface area contributed by atoms with E-state index in [1.165, 1.54) is 36.1 Å². The van der Waals surface area contributed by atoms with Crippen molar-refractivity contribution in [3.05, 3.63) is 34.9 Å². The number of hydrogen-bond donors (Lipinski definition) is 1. The first-order valence-electron chi connectivity index (χ1n) is 7.56. The molecule has 106 valence electrons. The fraction of sp³-hybridized carbons (Fsp3) is 0.647. The van der Waals surface area contributed by atoms with Crippen LogP contribution in [0, 0.1) is 19.8 Å². The summed E-state index contributed by atoms with van der Waals surface area (Å²) in [5.41, 5.74) is 10.2. The lowest BCUT2D eigenvalue weighted by molar-refractivity contribution is 0.0831. The summed E-state index contributed by atoms with van der Waals surface area (Å²) in [6, 6.07) is 7.79. The fourth-order valence-corrected chi connectivity index (χ4v) is 3.40. The lowest BCUT2D eigenvalue weighted by Gasteiger charge is -2.42. The molecule has 1 aliphatic heterocycles. The van der Waals surface area contributed by atoms with Crippen molar-refractivity contribution < 1.29 is 0 Å². The molecule has 1 aromatic rings. The van der Waals surface area contributed by atoms with E-state index in [-0.39, 0.29) is 0 Å². The first-order valence-corrected chi connectivity index (χ1v) is 7.56. The number of likely N-dealkylation sites (tertiary alicyclic amines) is 1. The molecular weight excluding hydrogens is 232 g/mol. The summed E-state index contributed by atoms with van der Waals surface area (Å²) in [6.07, 6.45) is 2.54. The van der Waals surface area contributed by atoms with Gasteiger partial charge in [-0.15, -0.1) is 0 Å². The molecule has 0 spiro atoms. The number of aryl methyl sites for hydroxylation is 2. The predicted molar refractivity (Wildman–Crippen MR) is 82.3 cm³/mol. The molecule has 3 unspecified atom stereocenters. The van der Waals surface area contributed by atoms with Gasteiger partial charge in [-0.05, 0) is 57.2 Å². The van der Waals surface area contributed by atoms with Crippen molar-refractivity contribution in [2.45, 2.75) is 52.6 Å². The number of nitrogens with zero attached hydrogens (tertiary/aromatic N) is 1. The van der Waals surface area contributed by atoms with E-state index in [4.69, 9.17) is 5.73 Å². The quantitative estimate of drug-likeness (QED) is 0.902. The summed E-state index contributed by atoms with van der Waals surface area (Å²) < 4.78 is 0. The molecule has 1 aliphatic rings. The Morgan fingerprint density at radius 2 is 2.11 bits per heavy atom. The van der Waals surface area contributed by atoms with Crippen LogP contribution in [0.25, 0.3) is 0 Å². The molecule has 2 nitrogen and oxygen atoms in total. The molecule has 0 aliphatic carbocycles. The van der Waals surface area contributed by atoms with Crippen molar-refractivity contribution in [1.82, 2.24) is 4.90 Å². The van der Waals surface area contributed by atoms with Crippen molar-refractivity contribution in [2.75, 3.05) is 13.1 Å². The Kier molecular flexibility index (Phi) is 4.64. The summed E-state index contributed by atoms with van der Waals surface area (Å²) in [5, 5.41) is 0. The van der Waals surface area contributed by atoms with Crippen molar-refractivity contribution in [2.24, 2.45) is 11.7 Å². The van der Waals surface area contributed by atoms with Gasteiger partial charge in [-0.1, -0.05) is 30.7 Å². The molecule has 1 saturated heterocycles. The standard InChI is InChI=1S/C17H28N2/c1-12-5-6-14(3)17(10-12)15(4)19-8-7-13(2)9-16(19)11-18/h5-6,10,13,15-16H,7-9,11,18H2,1-4H3. The summed E-state index contributed by atoms with van der Waals surface area (Å²) >= 11 is 0. The Bertz CT molecular complexity index is 427. The zero-order chi connectivity index (χ0) is 14.0. The highest BCUT2D eigenvalue weighted by molar-refractivity contribution is 5.32. The van der Waals surface area contributed by atoms with Crippen LogP contribution < -0.4 is 5.73 Å². The Balaban J connectivity index is 2.22. The van der Waals surface area contributed by atoms with E-state index >= 15 is 0 Å². The average Bonchev–Trinajstić information content (AvgIpc) is 2.40. The lowest BCUT2D eigenvalue weighted by atomic mass is 9.89. The van der Waals surface area contributed by atoms with Gasteiger partial charge in [-0.2, -0.15) is 0 Å². The van der Waals surface area contributed by atoms with Crippen molar-refractivity contribution in [1.29, 1.82) is 0 Å². The van der Waals surface area contributed by atoms with E-state index in [0.717, 1.165) is 12.5 Å². The number of nitrogens with two attached hydrogens (primary N) is 1. The van der Waals surface area contributed by atoms with Gasteiger partial charge >= 0.3 is 0 Å². The van der Waals surface area contributed by atoms with Gasteiger partial charge in [0, 0.05) is 18.6 Å². The molecule has 0 saturated carbocycles. The Morgan fingerprint density at radius 3 is 2.79 bits per heavy atom. The third kappa shape index (κ3) is 3.18. The third-order valence-electron chi connectivity index (χ3n) is 4.68. The van der Waals surface area contributed by atoms with Gasteiger partial charge in [0.2, 0.25) is 0 Å². The van der Waals surface area contributed by atoms with Gasteiger partial charge < -0.3 is 5.73 Å². The van der Waals surface area contributed by atoms with Gasteiger partial charge in [0.05, 0.1) is 0 Å². The summed E-state index contributed by atoms with van der Waals surface area (Å²) in [4.78, 5) is 2.61. The Hall–Kier alpha value is -0.860. The van der Waals surface area contributed by atoms with Gasteiger partial charge in [0.15, 0.2) is 0 Å². The Morgan fingerprint density at radius 1 is 1.37 bits per heavy atom. The van der Waals surface area contributed by atoms with Gasteiger partial charge in [-0.25, -0.2) is 0 Å². The van der Waals surface area contributed by atoms with E-state index in [0.29, 0.717) is 12.1 Å². The summed E-state index contributed by atoms with van der Waals surface area (Å²) in [5.74, 6) is 0.815. The highest BCUT2D eigenvalue weighted by atomic mass is 15.2. The maximum atomic E-state index is 6.00. The molecule has 0 radical (unpaired) electrons.